The summed E-state index contributed by atoms with van der Waals surface area (Å²) in [6.07, 6.45) is -1.50. The largest absolute Gasteiger partial charge is 0.480 e. The van der Waals surface area contributed by atoms with Gasteiger partial charge in [-0.25, -0.2) is 4.79 Å². The molecular weight excluding hydrogens is 264 g/mol. The highest BCUT2D eigenvalue weighted by molar-refractivity contribution is 7.84. The fraction of sp³-hybridized carbons (Fsp3) is 0.667. The van der Waals surface area contributed by atoms with Crippen LogP contribution in [0.1, 0.15) is 12.8 Å². The summed E-state index contributed by atoms with van der Waals surface area (Å²) in [6.45, 7) is 0. The van der Waals surface area contributed by atoms with Crippen LogP contribution in [0.15, 0.2) is 0 Å². The number of nitrogens with zero attached hydrogens (tertiary/aromatic N) is 1. The highest BCUT2D eigenvalue weighted by Crippen LogP contribution is 1.98. The Hall–Kier alpha value is -1.48. The molecule has 0 saturated carbocycles. The third kappa shape index (κ3) is 6.30. The highest BCUT2D eigenvalue weighted by atomic mass is 32.2. The Morgan fingerprint density at radius 3 is 2.28 bits per heavy atom. The van der Waals surface area contributed by atoms with Crippen LogP contribution in [-0.2, 0) is 20.4 Å². The first-order valence-electron chi connectivity index (χ1n) is 5.08. The monoisotopic (exact) mass is 280 g/mol. The average Bonchev–Trinajstić information content (AvgIpc) is 2.31. The summed E-state index contributed by atoms with van der Waals surface area (Å²) < 4.78 is 11.4. The molecule has 0 radical (unpaired) electrons. The zero-order valence-electron chi connectivity index (χ0n) is 9.87. The summed E-state index contributed by atoms with van der Waals surface area (Å²) in [5.41, 5.74) is 5.22. The Kier molecular flexibility index (Phi) is 7.13. The second-order valence-electron chi connectivity index (χ2n) is 3.57. The summed E-state index contributed by atoms with van der Waals surface area (Å²) in [4.78, 5) is 32.6. The van der Waals surface area contributed by atoms with Crippen molar-refractivity contribution < 1.29 is 28.8 Å². The second kappa shape index (κ2) is 7.77. The smallest absolute Gasteiger partial charge is 0.413 e. The zero-order chi connectivity index (χ0) is 14.3. The van der Waals surface area contributed by atoms with Gasteiger partial charge in [0.15, 0.2) is 0 Å². The molecule has 9 heteroatoms. The molecule has 0 rings (SSSR count). The van der Waals surface area contributed by atoms with Crippen LogP contribution in [0, 0.1) is 0 Å². The van der Waals surface area contributed by atoms with E-state index in [1.165, 1.54) is 0 Å². The third-order valence-electron chi connectivity index (χ3n) is 2.18. The summed E-state index contributed by atoms with van der Waals surface area (Å²) >= 11 is 0. The van der Waals surface area contributed by atoms with Crippen LogP contribution in [-0.4, -0.2) is 61.9 Å². The molecule has 0 heterocycles. The van der Waals surface area contributed by atoms with Crippen LogP contribution < -0.4 is 5.73 Å². The Bertz CT molecular complexity index is 359. The molecule has 0 aliphatic heterocycles. The molecule has 0 bridgehead atoms. The molecule has 4 N–H and O–H groups in total. The van der Waals surface area contributed by atoms with Gasteiger partial charge in [-0.05, 0) is 6.42 Å². The lowest BCUT2D eigenvalue weighted by Gasteiger charge is -2.10. The maximum atomic E-state index is 11.4. The van der Waals surface area contributed by atoms with Crippen molar-refractivity contribution in [2.24, 2.45) is 5.73 Å². The average molecular weight is 280 g/mol. The number of carbonyl (C=O) groups excluding carboxylic acids is 1. The molecule has 0 fully saturated rings. The Labute approximate surface area is 106 Å². The van der Waals surface area contributed by atoms with Gasteiger partial charge in [0.1, 0.15) is 6.04 Å². The summed E-state index contributed by atoms with van der Waals surface area (Å²) in [5, 5.41) is 17.0. The maximum Gasteiger partial charge on any atom is 0.413 e. The normalized spacial score (nSPS) is 13.7. The number of carboxylic acids is 1. The molecule has 2 amide bonds. The molecule has 18 heavy (non-hydrogen) atoms. The molecule has 2 atom stereocenters. The van der Waals surface area contributed by atoms with E-state index in [1.54, 1.807) is 0 Å². The number of imide groups is 1. The quantitative estimate of drug-likeness (QED) is 0.547. The van der Waals surface area contributed by atoms with Crippen LogP contribution in [0.5, 0.6) is 0 Å². The van der Waals surface area contributed by atoms with E-state index in [9.17, 15) is 18.6 Å². The van der Waals surface area contributed by atoms with Crippen molar-refractivity contribution in [2.45, 2.75) is 18.9 Å². The molecule has 2 unspecified atom stereocenters. The number of carbonyl (C=O) groups is 3. The maximum absolute atomic E-state index is 11.4. The highest BCUT2D eigenvalue weighted by Gasteiger charge is 2.17. The molecule has 0 aromatic rings. The van der Waals surface area contributed by atoms with Crippen molar-refractivity contribution in [3.63, 3.8) is 0 Å². The van der Waals surface area contributed by atoms with Crippen molar-refractivity contribution in [2.75, 3.05) is 18.6 Å². The second-order valence-corrected chi connectivity index (χ2v) is 5.26. The fourth-order valence-electron chi connectivity index (χ4n) is 0.959. The van der Waals surface area contributed by atoms with E-state index in [0.717, 1.165) is 7.05 Å². The first-order chi connectivity index (χ1) is 8.25. The van der Waals surface area contributed by atoms with Gasteiger partial charge >= 0.3 is 12.1 Å². The van der Waals surface area contributed by atoms with Crippen molar-refractivity contribution in [1.29, 1.82) is 0 Å². The van der Waals surface area contributed by atoms with Gasteiger partial charge in [-0.2, -0.15) is 0 Å². The van der Waals surface area contributed by atoms with Gasteiger partial charge in [-0.3, -0.25) is 18.7 Å². The third-order valence-corrected chi connectivity index (χ3v) is 3.53. The molecule has 0 saturated heterocycles. The fourth-order valence-corrected chi connectivity index (χ4v) is 2.08. The summed E-state index contributed by atoms with van der Waals surface area (Å²) in [6, 6.07) is -1.08. The molecule has 0 aromatic carbocycles. The van der Waals surface area contributed by atoms with Crippen LogP contribution in [0.4, 0.5) is 4.79 Å². The first kappa shape index (κ1) is 16.5. The number of hydrogen-bond acceptors (Lipinski definition) is 5. The lowest BCUT2D eigenvalue weighted by Crippen LogP contribution is -2.33. The summed E-state index contributed by atoms with van der Waals surface area (Å²) in [5.74, 6) is -1.77. The van der Waals surface area contributed by atoms with E-state index < -0.39 is 34.8 Å². The molecular formula is C9H16N2O6S. The molecule has 0 aromatic heterocycles. The van der Waals surface area contributed by atoms with Crippen LogP contribution in [0.2, 0.25) is 0 Å². The Morgan fingerprint density at radius 1 is 1.28 bits per heavy atom. The van der Waals surface area contributed by atoms with E-state index >= 15 is 0 Å². The van der Waals surface area contributed by atoms with Gasteiger partial charge in [0.2, 0.25) is 5.91 Å². The molecule has 8 nitrogen and oxygen atoms in total. The van der Waals surface area contributed by atoms with Crippen molar-refractivity contribution >= 4 is 28.8 Å². The Morgan fingerprint density at radius 2 is 1.83 bits per heavy atom. The number of aliphatic carboxylic acids is 1. The van der Waals surface area contributed by atoms with Crippen molar-refractivity contribution in [3.8, 4) is 0 Å². The van der Waals surface area contributed by atoms with E-state index in [1.807, 2.05) is 0 Å². The first-order valence-corrected chi connectivity index (χ1v) is 6.57. The number of nitrogens with two attached hydrogens (primary N) is 1. The minimum Gasteiger partial charge on any atom is -0.480 e. The van der Waals surface area contributed by atoms with E-state index in [4.69, 9.17) is 15.9 Å². The Balaban J connectivity index is 3.94. The van der Waals surface area contributed by atoms with Gasteiger partial charge < -0.3 is 15.9 Å². The van der Waals surface area contributed by atoms with Gasteiger partial charge in [0.05, 0.1) is 0 Å². The van der Waals surface area contributed by atoms with E-state index in [0.29, 0.717) is 4.90 Å². The number of amides is 2. The minimum absolute atomic E-state index is 0.0111. The lowest BCUT2D eigenvalue weighted by atomic mass is 10.2. The SMILES string of the molecule is CN(C(=O)O)C(=O)CCS(=O)CCC(N)C(=O)O. The van der Waals surface area contributed by atoms with Crippen LogP contribution >= 0.6 is 0 Å². The van der Waals surface area contributed by atoms with Crippen molar-refractivity contribution in [1.82, 2.24) is 4.90 Å². The number of rotatable bonds is 7. The lowest BCUT2D eigenvalue weighted by molar-refractivity contribution is -0.138. The molecule has 0 spiro atoms. The molecule has 0 aliphatic rings. The zero-order valence-corrected chi connectivity index (χ0v) is 10.7. The van der Waals surface area contributed by atoms with Crippen molar-refractivity contribution in [3.05, 3.63) is 0 Å². The van der Waals surface area contributed by atoms with Gasteiger partial charge in [0, 0.05) is 35.8 Å². The van der Waals surface area contributed by atoms with E-state index in [2.05, 4.69) is 0 Å². The molecule has 104 valence electrons. The molecule has 0 aliphatic carbocycles. The van der Waals surface area contributed by atoms with Gasteiger partial charge in [-0.1, -0.05) is 0 Å². The van der Waals surface area contributed by atoms with Crippen LogP contribution in [0.3, 0.4) is 0 Å². The standard InChI is InChI=1S/C9H16N2O6S/c1-11(9(15)16)7(12)3-5-18(17)4-2-6(10)8(13)14/h6H,2-5,10H2,1H3,(H,13,14)(H,15,16). The minimum atomic E-state index is -1.39. The topological polar surface area (TPSA) is 138 Å². The van der Waals surface area contributed by atoms with Gasteiger partial charge in [0.25, 0.3) is 0 Å². The predicted octanol–water partition coefficient (Wildman–Crippen LogP) is -0.936. The van der Waals surface area contributed by atoms with E-state index in [-0.39, 0.29) is 24.3 Å². The number of hydrogen-bond donors (Lipinski definition) is 3. The van der Waals surface area contributed by atoms with Gasteiger partial charge in [-0.15, -0.1) is 0 Å². The number of carboxylic acid groups (broad SMARTS) is 2. The predicted molar refractivity (Wildman–Crippen MR) is 63.5 cm³/mol. The summed E-state index contributed by atoms with van der Waals surface area (Å²) in [7, 11) is -0.286. The van der Waals surface area contributed by atoms with Crippen LogP contribution in [0.25, 0.3) is 0 Å².